The summed E-state index contributed by atoms with van der Waals surface area (Å²) >= 11 is 0. The third-order valence-corrected chi connectivity index (χ3v) is 4.06. The zero-order chi connectivity index (χ0) is 13.4. The smallest absolute Gasteiger partial charge is 0.0897 e. The number of rotatable bonds is 9. The zero-order valence-electron chi connectivity index (χ0n) is 12.4. The van der Waals surface area contributed by atoms with E-state index in [1.165, 1.54) is 32.1 Å². The minimum absolute atomic E-state index is 0.376. The average Bonchev–Trinajstić information content (AvgIpc) is 2.78. The molecule has 0 saturated heterocycles. The van der Waals surface area contributed by atoms with Crippen LogP contribution >= 0.6 is 0 Å². The van der Waals surface area contributed by atoms with Crippen molar-refractivity contribution in [3.8, 4) is 0 Å². The third-order valence-electron chi connectivity index (χ3n) is 4.06. The molecule has 3 nitrogen and oxygen atoms in total. The van der Waals surface area contributed by atoms with Gasteiger partial charge in [0.2, 0.25) is 0 Å². The molecule has 1 atom stereocenters. The molecule has 0 amide bonds. The fourth-order valence-electron chi connectivity index (χ4n) is 2.78. The molecule has 1 saturated carbocycles. The van der Waals surface area contributed by atoms with Crippen molar-refractivity contribution >= 4 is 0 Å². The van der Waals surface area contributed by atoms with E-state index in [1.807, 2.05) is 0 Å². The highest BCUT2D eigenvalue weighted by Gasteiger charge is 2.31. The van der Waals surface area contributed by atoms with Crippen LogP contribution < -0.4 is 5.32 Å². The number of aliphatic hydroxyl groups is 1. The molecule has 0 aromatic carbocycles. The minimum atomic E-state index is -0.376. The van der Waals surface area contributed by atoms with Gasteiger partial charge < -0.3 is 15.2 Å². The van der Waals surface area contributed by atoms with Crippen molar-refractivity contribution < 1.29 is 9.84 Å². The van der Waals surface area contributed by atoms with Gasteiger partial charge in [0, 0.05) is 19.7 Å². The molecule has 108 valence electrons. The van der Waals surface area contributed by atoms with Gasteiger partial charge in [-0.3, -0.25) is 0 Å². The topological polar surface area (TPSA) is 41.5 Å². The van der Waals surface area contributed by atoms with Crippen LogP contribution in [0.5, 0.6) is 0 Å². The van der Waals surface area contributed by atoms with Crippen molar-refractivity contribution in [2.75, 3.05) is 26.3 Å². The summed E-state index contributed by atoms with van der Waals surface area (Å²) in [5.74, 6) is 0.534. The van der Waals surface area contributed by atoms with Crippen molar-refractivity contribution in [2.45, 2.75) is 59.0 Å². The standard InChI is InChI=1S/C15H31NO2/c1-4-15(7-5-6-8-15)12-16-9-14(17)11-18-10-13(2)3/h13-14,16-17H,4-12H2,1-3H3. The quantitative estimate of drug-likeness (QED) is 0.667. The van der Waals surface area contributed by atoms with Crippen molar-refractivity contribution in [1.82, 2.24) is 5.32 Å². The first-order chi connectivity index (χ1) is 8.58. The summed E-state index contributed by atoms with van der Waals surface area (Å²) < 4.78 is 5.44. The van der Waals surface area contributed by atoms with E-state index in [4.69, 9.17) is 4.74 Å². The molecule has 1 aliphatic carbocycles. The first-order valence-corrected chi connectivity index (χ1v) is 7.54. The molecule has 3 heteroatoms. The number of ether oxygens (including phenoxy) is 1. The molecule has 0 radical (unpaired) electrons. The molecule has 18 heavy (non-hydrogen) atoms. The Labute approximate surface area is 112 Å². The van der Waals surface area contributed by atoms with Crippen LogP contribution in [0.1, 0.15) is 52.9 Å². The third kappa shape index (κ3) is 5.68. The first-order valence-electron chi connectivity index (χ1n) is 7.54. The fraction of sp³-hybridized carbons (Fsp3) is 1.00. The Morgan fingerprint density at radius 3 is 2.44 bits per heavy atom. The summed E-state index contributed by atoms with van der Waals surface area (Å²) in [6.45, 7) is 9.41. The van der Waals surface area contributed by atoms with Gasteiger partial charge in [-0.2, -0.15) is 0 Å². The van der Waals surface area contributed by atoms with Crippen molar-refractivity contribution in [3.05, 3.63) is 0 Å². The Kier molecular flexibility index (Phi) is 7.20. The lowest BCUT2D eigenvalue weighted by Gasteiger charge is -2.28. The highest BCUT2D eigenvalue weighted by atomic mass is 16.5. The number of hydrogen-bond acceptors (Lipinski definition) is 3. The summed E-state index contributed by atoms with van der Waals surface area (Å²) in [5, 5.41) is 13.2. The lowest BCUT2D eigenvalue weighted by molar-refractivity contribution is 0.0249. The molecule has 2 N–H and O–H groups in total. The minimum Gasteiger partial charge on any atom is -0.389 e. The van der Waals surface area contributed by atoms with Crippen LogP contribution in [0.15, 0.2) is 0 Å². The van der Waals surface area contributed by atoms with E-state index in [-0.39, 0.29) is 6.10 Å². The van der Waals surface area contributed by atoms with Crippen LogP contribution in [-0.4, -0.2) is 37.5 Å². The monoisotopic (exact) mass is 257 g/mol. The largest absolute Gasteiger partial charge is 0.389 e. The molecule has 0 spiro atoms. The molecule has 1 fully saturated rings. The molecule has 0 aromatic heterocycles. The number of hydrogen-bond donors (Lipinski definition) is 2. The molecule has 1 unspecified atom stereocenters. The molecule has 1 aliphatic rings. The zero-order valence-corrected chi connectivity index (χ0v) is 12.4. The van der Waals surface area contributed by atoms with Gasteiger partial charge in [-0.15, -0.1) is 0 Å². The highest BCUT2D eigenvalue weighted by Crippen LogP contribution is 2.40. The van der Waals surface area contributed by atoms with Gasteiger partial charge in [-0.05, 0) is 30.6 Å². The first kappa shape index (κ1) is 15.9. The molecular weight excluding hydrogens is 226 g/mol. The van der Waals surface area contributed by atoms with E-state index >= 15 is 0 Å². The number of nitrogens with one attached hydrogen (secondary N) is 1. The maximum atomic E-state index is 9.81. The Bertz CT molecular complexity index is 213. The second kappa shape index (κ2) is 8.13. The molecule has 0 bridgehead atoms. The summed E-state index contributed by atoms with van der Waals surface area (Å²) in [6.07, 6.45) is 6.30. The van der Waals surface area contributed by atoms with Crippen LogP contribution in [0.3, 0.4) is 0 Å². The predicted molar refractivity (Wildman–Crippen MR) is 75.7 cm³/mol. The molecule has 1 rings (SSSR count). The SMILES string of the molecule is CCC1(CNCC(O)COCC(C)C)CCCC1. The molecule has 0 heterocycles. The summed E-state index contributed by atoms with van der Waals surface area (Å²) in [6, 6.07) is 0. The van der Waals surface area contributed by atoms with E-state index in [0.29, 0.717) is 24.5 Å². The lowest BCUT2D eigenvalue weighted by atomic mass is 9.83. The Morgan fingerprint density at radius 1 is 1.22 bits per heavy atom. The lowest BCUT2D eigenvalue weighted by Crippen LogP contribution is -2.37. The molecule has 0 aromatic rings. The van der Waals surface area contributed by atoms with E-state index in [1.54, 1.807) is 0 Å². The number of aliphatic hydroxyl groups excluding tert-OH is 1. The highest BCUT2D eigenvalue weighted by molar-refractivity contribution is 4.85. The average molecular weight is 257 g/mol. The fourth-order valence-corrected chi connectivity index (χ4v) is 2.78. The van der Waals surface area contributed by atoms with Crippen molar-refractivity contribution in [3.63, 3.8) is 0 Å². The summed E-state index contributed by atoms with van der Waals surface area (Å²) in [5.41, 5.74) is 0.499. The Morgan fingerprint density at radius 2 is 1.89 bits per heavy atom. The van der Waals surface area contributed by atoms with Crippen LogP contribution in [0.4, 0.5) is 0 Å². The van der Waals surface area contributed by atoms with Gasteiger partial charge >= 0.3 is 0 Å². The Balaban J connectivity index is 2.09. The van der Waals surface area contributed by atoms with E-state index < -0.39 is 0 Å². The van der Waals surface area contributed by atoms with E-state index in [0.717, 1.165) is 13.2 Å². The van der Waals surface area contributed by atoms with Gasteiger partial charge in [0.1, 0.15) is 0 Å². The van der Waals surface area contributed by atoms with E-state index in [9.17, 15) is 5.11 Å². The maximum absolute atomic E-state index is 9.81. The van der Waals surface area contributed by atoms with Crippen LogP contribution in [-0.2, 0) is 4.74 Å². The normalized spacial score (nSPS) is 20.5. The Hall–Kier alpha value is -0.120. The summed E-state index contributed by atoms with van der Waals surface area (Å²) in [7, 11) is 0. The summed E-state index contributed by atoms with van der Waals surface area (Å²) in [4.78, 5) is 0. The van der Waals surface area contributed by atoms with Crippen LogP contribution in [0.2, 0.25) is 0 Å². The van der Waals surface area contributed by atoms with Gasteiger partial charge in [-0.25, -0.2) is 0 Å². The van der Waals surface area contributed by atoms with Crippen molar-refractivity contribution in [2.24, 2.45) is 11.3 Å². The van der Waals surface area contributed by atoms with Gasteiger partial charge in [0.25, 0.3) is 0 Å². The molecule has 0 aliphatic heterocycles. The van der Waals surface area contributed by atoms with Gasteiger partial charge in [0.15, 0.2) is 0 Å². The second-order valence-corrected chi connectivity index (χ2v) is 6.28. The van der Waals surface area contributed by atoms with Gasteiger partial charge in [-0.1, -0.05) is 33.6 Å². The maximum Gasteiger partial charge on any atom is 0.0897 e. The predicted octanol–water partition coefficient (Wildman–Crippen LogP) is 2.58. The van der Waals surface area contributed by atoms with Gasteiger partial charge in [0.05, 0.1) is 12.7 Å². The second-order valence-electron chi connectivity index (χ2n) is 6.28. The van der Waals surface area contributed by atoms with E-state index in [2.05, 4.69) is 26.1 Å². The van der Waals surface area contributed by atoms with Crippen LogP contribution in [0.25, 0.3) is 0 Å². The van der Waals surface area contributed by atoms with Crippen molar-refractivity contribution in [1.29, 1.82) is 0 Å². The van der Waals surface area contributed by atoms with Crippen LogP contribution in [0, 0.1) is 11.3 Å². The molecular formula is C15H31NO2.